The maximum absolute atomic E-state index is 11.7. The van der Waals surface area contributed by atoms with Crippen LogP contribution in [0.2, 0.25) is 0 Å². The molecule has 0 aromatic carbocycles. The molecular formula is C13H27ClN2O2. The van der Waals surface area contributed by atoms with Gasteiger partial charge in [-0.15, -0.1) is 12.4 Å². The molecule has 18 heavy (non-hydrogen) atoms. The number of ether oxygens (including phenoxy) is 1. The summed E-state index contributed by atoms with van der Waals surface area (Å²) in [6, 6.07) is -0.233. The predicted molar refractivity (Wildman–Crippen MR) is 75.8 cm³/mol. The van der Waals surface area contributed by atoms with Crippen LogP contribution in [0.25, 0.3) is 0 Å². The SMILES string of the molecule is COCC(N)C(=O)NC1CCC(C(C)C)CC1.Cl. The molecule has 108 valence electrons. The van der Waals surface area contributed by atoms with E-state index in [1.807, 2.05) is 0 Å². The van der Waals surface area contributed by atoms with E-state index in [0.29, 0.717) is 6.04 Å². The molecule has 0 aromatic rings. The average molecular weight is 279 g/mol. The van der Waals surface area contributed by atoms with E-state index in [1.54, 1.807) is 7.11 Å². The molecule has 1 aliphatic carbocycles. The van der Waals surface area contributed by atoms with Crippen LogP contribution in [0.5, 0.6) is 0 Å². The summed E-state index contributed by atoms with van der Waals surface area (Å²) in [7, 11) is 1.56. The molecular weight excluding hydrogens is 252 g/mol. The van der Waals surface area contributed by atoms with E-state index in [1.165, 1.54) is 12.8 Å². The highest BCUT2D eigenvalue weighted by atomic mass is 35.5. The molecule has 0 heterocycles. The lowest BCUT2D eigenvalue weighted by molar-refractivity contribution is -0.124. The third-order valence-electron chi connectivity index (χ3n) is 3.74. The zero-order chi connectivity index (χ0) is 12.8. The van der Waals surface area contributed by atoms with Gasteiger partial charge in [-0.1, -0.05) is 13.8 Å². The number of hydrogen-bond acceptors (Lipinski definition) is 3. The summed E-state index contributed by atoms with van der Waals surface area (Å²) in [6.45, 7) is 4.84. The van der Waals surface area contributed by atoms with Crippen molar-refractivity contribution in [1.29, 1.82) is 0 Å². The van der Waals surface area contributed by atoms with Crippen molar-refractivity contribution in [2.45, 2.75) is 51.6 Å². The minimum atomic E-state index is -0.539. The van der Waals surface area contributed by atoms with Crippen molar-refractivity contribution >= 4 is 18.3 Å². The Morgan fingerprint density at radius 2 is 1.89 bits per heavy atom. The minimum absolute atomic E-state index is 0. The fourth-order valence-corrected chi connectivity index (χ4v) is 2.49. The first-order chi connectivity index (χ1) is 8.04. The zero-order valence-electron chi connectivity index (χ0n) is 11.6. The van der Waals surface area contributed by atoms with Gasteiger partial charge in [-0.25, -0.2) is 0 Å². The van der Waals surface area contributed by atoms with E-state index in [2.05, 4.69) is 19.2 Å². The van der Waals surface area contributed by atoms with Crippen LogP contribution in [0.3, 0.4) is 0 Å². The number of nitrogens with one attached hydrogen (secondary N) is 1. The number of rotatable bonds is 5. The van der Waals surface area contributed by atoms with Crippen LogP contribution in [0.1, 0.15) is 39.5 Å². The van der Waals surface area contributed by atoms with Crippen LogP contribution in [0.4, 0.5) is 0 Å². The van der Waals surface area contributed by atoms with Crippen molar-refractivity contribution in [2.75, 3.05) is 13.7 Å². The molecule has 1 saturated carbocycles. The number of amides is 1. The summed E-state index contributed by atoms with van der Waals surface area (Å²) in [5.74, 6) is 1.48. The molecule has 0 aliphatic heterocycles. The highest BCUT2D eigenvalue weighted by molar-refractivity contribution is 5.85. The highest BCUT2D eigenvalue weighted by Gasteiger charge is 2.25. The maximum Gasteiger partial charge on any atom is 0.239 e. The first-order valence-electron chi connectivity index (χ1n) is 6.59. The van der Waals surface area contributed by atoms with E-state index >= 15 is 0 Å². The molecule has 1 rings (SSSR count). The van der Waals surface area contributed by atoms with Gasteiger partial charge in [0.25, 0.3) is 0 Å². The Labute approximate surface area is 116 Å². The van der Waals surface area contributed by atoms with Crippen molar-refractivity contribution in [1.82, 2.24) is 5.32 Å². The Kier molecular flexibility index (Phi) is 8.57. The number of methoxy groups -OCH3 is 1. The van der Waals surface area contributed by atoms with E-state index in [9.17, 15) is 4.79 Å². The second-order valence-electron chi connectivity index (χ2n) is 5.43. The molecule has 0 spiro atoms. The van der Waals surface area contributed by atoms with E-state index in [-0.39, 0.29) is 24.9 Å². The predicted octanol–water partition coefficient (Wildman–Crippen LogP) is 1.71. The fourth-order valence-electron chi connectivity index (χ4n) is 2.49. The highest BCUT2D eigenvalue weighted by Crippen LogP contribution is 2.29. The van der Waals surface area contributed by atoms with Gasteiger partial charge < -0.3 is 15.8 Å². The first kappa shape index (κ1) is 17.7. The van der Waals surface area contributed by atoms with Crippen LogP contribution >= 0.6 is 12.4 Å². The van der Waals surface area contributed by atoms with Crippen molar-refractivity contribution < 1.29 is 9.53 Å². The largest absolute Gasteiger partial charge is 0.383 e. The standard InChI is InChI=1S/C13H26N2O2.ClH/c1-9(2)10-4-6-11(7-5-10)15-13(16)12(14)8-17-3;/h9-12H,4-8,14H2,1-3H3,(H,15,16);1H. The topological polar surface area (TPSA) is 64.3 Å². The molecule has 1 fully saturated rings. The summed E-state index contributed by atoms with van der Waals surface area (Å²) in [5, 5.41) is 3.02. The molecule has 0 saturated heterocycles. The molecule has 1 amide bonds. The van der Waals surface area contributed by atoms with Gasteiger partial charge in [0.1, 0.15) is 6.04 Å². The van der Waals surface area contributed by atoms with Crippen LogP contribution in [-0.2, 0) is 9.53 Å². The Morgan fingerprint density at radius 1 is 1.33 bits per heavy atom. The van der Waals surface area contributed by atoms with E-state index in [4.69, 9.17) is 10.5 Å². The Hall–Kier alpha value is -0.320. The zero-order valence-corrected chi connectivity index (χ0v) is 12.5. The number of hydrogen-bond donors (Lipinski definition) is 2. The molecule has 0 aromatic heterocycles. The lowest BCUT2D eigenvalue weighted by atomic mass is 9.79. The van der Waals surface area contributed by atoms with Crippen molar-refractivity contribution in [2.24, 2.45) is 17.6 Å². The summed E-state index contributed by atoms with van der Waals surface area (Å²) in [4.78, 5) is 11.7. The van der Waals surface area contributed by atoms with Gasteiger partial charge in [-0.3, -0.25) is 4.79 Å². The van der Waals surface area contributed by atoms with Gasteiger partial charge in [-0.05, 0) is 37.5 Å². The van der Waals surface area contributed by atoms with Gasteiger partial charge in [0, 0.05) is 13.2 Å². The van der Waals surface area contributed by atoms with Crippen molar-refractivity contribution in [3.8, 4) is 0 Å². The molecule has 0 bridgehead atoms. The fraction of sp³-hybridized carbons (Fsp3) is 0.923. The van der Waals surface area contributed by atoms with E-state index in [0.717, 1.165) is 24.7 Å². The van der Waals surface area contributed by atoms with Gasteiger partial charge in [0.05, 0.1) is 6.61 Å². The Bertz CT molecular complexity index is 241. The first-order valence-corrected chi connectivity index (χ1v) is 6.59. The smallest absolute Gasteiger partial charge is 0.239 e. The van der Waals surface area contributed by atoms with Gasteiger partial charge in [0.2, 0.25) is 5.91 Å². The Morgan fingerprint density at radius 3 is 2.33 bits per heavy atom. The molecule has 1 unspecified atom stereocenters. The summed E-state index contributed by atoms with van der Waals surface area (Å²) in [5.41, 5.74) is 5.68. The minimum Gasteiger partial charge on any atom is -0.383 e. The van der Waals surface area contributed by atoms with E-state index < -0.39 is 6.04 Å². The van der Waals surface area contributed by atoms with Crippen LogP contribution in [0.15, 0.2) is 0 Å². The normalized spacial score (nSPS) is 25.4. The summed E-state index contributed by atoms with van der Waals surface area (Å²) >= 11 is 0. The molecule has 1 atom stereocenters. The molecule has 4 nitrogen and oxygen atoms in total. The second-order valence-corrected chi connectivity index (χ2v) is 5.43. The second kappa shape index (κ2) is 8.73. The lowest BCUT2D eigenvalue weighted by Gasteiger charge is -2.31. The molecule has 0 radical (unpaired) electrons. The number of nitrogens with two attached hydrogens (primary N) is 1. The Balaban J connectivity index is 0.00000289. The third kappa shape index (κ3) is 5.55. The lowest BCUT2D eigenvalue weighted by Crippen LogP contribution is -2.48. The maximum atomic E-state index is 11.7. The number of halogens is 1. The summed E-state index contributed by atoms with van der Waals surface area (Å²) in [6.07, 6.45) is 4.58. The monoisotopic (exact) mass is 278 g/mol. The van der Waals surface area contributed by atoms with Crippen molar-refractivity contribution in [3.05, 3.63) is 0 Å². The van der Waals surface area contributed by atoms with Crippen LogP contribution in [0, 0.1) is 11.8 Å². The quantitative estimate of drug-likeness (QED) is 0.805. The van der Waals surface area contributed by atoms with Gasteiger partial charge >= 0.3 is 0 Å². The third-order valence-corrected chi connectivity index (χ3v) is 3.74. The number of carbonyl (C=O) groups is 1. The van der Waals surface area contributed by atoms with Crippen LogP contribution in [-0.4, -0.2) is 31.7 Å². The van der Waals surface area contributed by atoms with Crippen molar-refractivity contribution in [3.63, 3.8) is 0 Å². The number of carbonyl (C=O) groups excluding carboxylic acids is 1. The van der Waals surface area contributed by atoms with Crippen LogP contribution < -0.4 is 11.1 Å². The molecule has 1 aliphatic rings. The van der Waals surface area contributed by atoms with Gasteiger partial charge in [0.15, 0.2) is 0 Å². The summed E-state index contributed by atoms with van der Waals surface area (Å²) < 4.78 is 4.88. The average Bonchev–Trinajstić information content (AvgIpc) is 2.30. The molecule has 3 N–H and O–H groups in total. The molecule has 5 heteroatoms. The van der Waals surface area contributed by atoms with Gasteiger partial charge in [-0.2, -0.15) is 0 Å².